The van der Waals surface area contributed by atoms with Gasteiger partial charge in [-0.25, -0.2) is 0 Å². The average Bonchev–Trinajstić information content (AvgIpc) is 2.97. The van der Waals surface area contributed by atoms with Crippen LogP contribution in [0.5, 0.6) is 0 Å². The van der Waals surface area contributed by atoms with Gasteiger partial charge in [0, 0.05) is 35.7 Å². The molecule has 2 heterocycles. The number of benzene rings is 2. The van der Waals surface area contributed by atoms with Crippen molar-refractivity contribution in [3.8, 4) is 0 Å². The zero-order chi connectivity index (χ0) is 17.0. The van der Waals surface area contributed by atoms with Crippen molar-refractivity contribution in [2.75, 3.05) is 6.54 Å². The summed E-state index contributed by atoms with van der Waals surface area (Å²) < 4.78 is 2.63. The second-order valence-electron chi connectivity index (χ2n) is 7.77. The van der Waals surface area contributed by atoms with Gasteiger partial charge in [0.1, 0.15) is 0 Å². The van der Waals surface area contributed by atoms with Crippen molar-refractivity contribution < 1.29 is 0 Å². The van der Waals surface area contributed by atoms with Crippen LogP contribution >= 0.6 is 0 Å². The minimum Gasteiger partial charge on any atom is -0.342 e. The normalized spacial score (nSPS) is 21.3. The molecule has 1 aliphatic carbocycles. The lowest BCUT2D eigenvalue weighted by Crippen LogP contribution is -2.41. The topological polar surface area (TPSA) is 8.17 Å². The molecule has 2 aliphatic rings. The lowest BCUT2D eigenvalue weighted by atomic mass is 9.88. The third-order valence-corrected chi connectivity index (χ3v) is 6.35. The lowest BCUT2D eigenvalue weighted by Gasteiger charge is -2.43. The van der Waals surface area contributed by atoms with Crippen molar-refractivity contribution in [3.05, 3.63) is 70.9 Å². The number of aryl methyl sites for hydroxylation is 2. The Labute approximate surface area is 150 Å². The van der Waals surface area contributed by atoms with Crippen molar-refractivity contribution in [2.45, 2.75) is 51.7 Å². The highest BCUT2D eigenvalue weighted by molar-refractivity contribution is 5.87. The summed E-state index contributed by atoms with van der Waals surface area (Å²) in [5, 5.41) is 1.51. The summed E-state index contributed by atoms with van der Waals surface area (Å²) in [5.74, 6) is 0. The minimum atomic E-state index is 0.477. The van der Waals surface area contributed by atoms with Crippen molar-refractivity contribution in [1.29, 1.82) is 0 Å². The summed E-state index contributed by atoms with van der Waals surface area (Å²) in [5.41, 5.74) is 7.51. The van der Waals surface area contributed by atoms with Gasteiger partial charge in [0.15, 0.2) is 0 Å². The fourth-order valence-corrected chi connectivity index (χ4v) is 5.13. The zero-order valence-corrected chi connectivity index (χ0v) is 15.2. The van der Waals surface area contributed by atoms with Crippen molar-refractivity contribution in [3.63, 3.8) is 0 Å². The van der Waals surface area contributed by atoms with E-state index in [2.05, 4.69) is 71.8 Å². The summed E-state index contributed by atoms with van der Waals surface area (Å²) in [6.45, 7) is 6.85. The van der Waals surface area contributed by atoms with Gasteiger partial charge in [0.25, 0.3) is 0 Å². The molecule has 3 aromatic rings. The molecule has 0 bridgehead atoms. The Bertz CT molecular complexity index is 922. The molecule has 0 spiro atoms. The van der Waals surface area contributed by atoms with E-state index in [0.717, 1.165) is 13.1 Å². The molecule has 0 saturated carbocycles. The van der Waals surface area contributed by atoms with Gasteiger partial charge in [-0.1, -0.05) is 42.0 Å². The van der Waals surface area contributed by atoms with E-state index in [-0.39, 0.29) is 0 Å². The standard InChI is InChI=1S/C23H26N2/c1-16-11-12-21-20(15-16)19-9-6-10-22-23(19)25(21)14-13-24(22)17(2)18-7-4-3-5-8-18/h3-5,7-8,11-12,15,17,22H,6,9-10,13-14H2,1-2H3/t17-,22+/m0/s1. The largest absolute Gasteiger partial charge is 0.342 e. The van der Waals surface area contributed by atoms with Crippen LogP contribution in [0.25, 0.3) is 10.9 Å². The van der Waals surface area contributed by atoms with E-state index in [1.807, 2.05) is 0 Å². The molecular weight excluding hydrogens is 304 g/mol. The summed E-state index contributed by atoms with van der Waals surface area (Å²) >= 11 is 0. The number of hydrogen-bond acceptors (Lipinski definition) is 1. The highest BCUT2D eigenvalue weighted by atomic mass is 15.3. The molecule has 2 nitrogen and oxygen atoms in total. The third-order valence-electron chi connectivity index (χ3n) is 6.35. The van der Waals surface area contributed by atoms with E-state index in [1.165, 1.54) is 41.3 Å². The number of rotatable bonds is 2. The van der Waals surface area contributed by atoms with Gasteiger partial charge in [-0.15, -0.1) is 0 Å². The van der Waals surface area contributed by atoms with Crippen molar-refractivity contribution in [1.82, 2.24) is 9.47 Å². The number of hydrogen-bond donors (Lipinski definition) is 0. The van der Waals surface area contributed by atoms with Crippen molar-refractivity contribution >= 4 is 10.9 Å². The third kappa shape index (κ3) is 2.27. The van der Waals surface area contributed by atoms with E-state index in [0.29, 0.717) is 12.1 Å². The molecule has 0 radical (unpaired) electrons. The van der Waals surface area contributed by atoms with Crippen LogP contribution in [0, 0.1) is 6.92 Å². The maximum absolute atomic E-state index is 2.75. The number of fused-ring (bicyclic) bond motifs is 3. The first-order valence-corrected chi connectivity index (χ1v) is 9.66. The molecule has 128 valence electrons. The van der Waals surface area contributed by atoms with Gasteiger partial charge < -0.3 is 4.57 Å². The summed E-state index contributed by atoms with van der Waals surface area (Å²) in [4.78, 5) is 2.75. The molecule has 25 heavy (non-hydrogen) atoms. The van der Waals surface area contributed by atoms with Crippen LogP contribution in [0.15, 0.2) is 48.5 Å². The van der Waals surface area contributed by atoms with E-state index in [1.54, 1.807) is 11.3 Å². The zero-order valence-electron chi connectivity index (χ0n) is 15.2. The Morgan fingerprint density at radius 3 is 2.72 bits per heavy atom. The second-order valence-corrected chi connectivity index (χ2v) is 7.77. The molecule has 0 unspecified atom stereocenters. The smallest absolute Gasteiger partial charge is 0.0510 e. The highest BCUT2D eigenvalue weighted by Crippen LogP contribution is 2.45. The maximum Gasteiger partial charge on any atom is 0.0510 e. The first-order chi connectivity index (χ1) is 12.2. The van der Waals surface area contributed by atoms with Crippen LogP contribution in [-0.2, 0) is 13.0 Å². The monoisotopic (exact) mass is 330 g/mol. The highest BCUT2D eigenvalue weighted by Gasteiger charge is 2.36. The van der Waals surface area contributed by atoms with Gasteiger partial charge in [-0.3, -0.25) is 4.90 Å². The molecule has 2 aromatic carbocycles. The molecule has 1 aromatic heterocycles. The van der Waals surface area contributed by atoms with Crippen LogP contribution < -0.4 is 0 Å². The molecular formula is C23H26N2. The van der Waals surface area contributed by atoms with Gasteiger partial charge in [-0.2, -0.15) is 0 Å². The quantitative estimate of drug-likeness (QED) is 0.610. The molecule has 0 N–H and O–H groups in total. The lowest BCUT2D eigenvalue weighted by molar-refractivity contribution is 0.0973. The van der Waals surface area contributed by atoms with Gasteiger partial charge in [-0.05, 0) is 56.4 Å². The fourth-order valence-electron chi connectivity index (χ4n) is 5.13. The predicted molar refractivity (Wildman–Crippen MR) is 104 cm³/mol. The Hall–Kier alpha value is -2.06. The molecule has 0 amide bonds. The van der Waals surface area contributed by atoms with Gasteiger partial charge in [0.05, 0.1) is 6.04 Å². The van der Waals surface area contributed by atoms with Crippen LogP contribution in [0.2, 0.25) is 0 Å². The van der Waals surface area contributed by atoms with Crippen molar-refractivity contribution in [2.24, 2.45) is 0 Å². The van der Waals surface area contributed by atoms with Crippen LogP contribution in [0.3, 0.4) is 0 Å². The Kier molecular flexibility index (Phi) is 3.49. The van der Waals surface area contributed by atoms with Crippen LogP contribution in [0.1, 0.15) is 54.2 Å². The SMILES string of the molecule is Cc1ccc2c(c1)c1c3n2CCN([C@@H](C)c2ccccc2)[C@@H]3CCC1. The molecule has 5 rings (SSSR count). The maximum atomic E-state index is 2.75. The summed E-state index contributed by atoms with van der Waals surface area (Å²) in [7, 11) is 0. The first-order valence-electron chi connectivity index (χ1n) is 9.66. The Morgan fingerprint density at radius 1 is 1.04 bits per heavy atom. The Morgan fingerprint density at radius 2 is 1.88 bits per heavy atom. The second kappa shape index (κ2) is 5.74. The van der Waals surface area contributed by atoms with E-state index in [9.17, 15) is 0 Å². The first kappa shape index (κ1) is 15.2. The molecule has 0 fully saturated rings. The molecule has 2 atom stereocenters. The molecule has 0 saturated heterocycles. The van der Waals surface area contributed by atoms with Crippen LogP contribution in [0.4, 0.5) is 0 Å². The fraction of sp³-hybridized carbons (Fsp3) is 0.391. The van der Waals surface area contributed by atoms with Gasteiger partial charge in [0.2, 0.25) is 0 Å². The van der Waals surface area contributed by atoms with E-state index in [4.69, 9.17) is 0 Å². The van der Waals surface area contributed by atoms with Crippen LogP contribution in [-0.4, -0.2) is 16.0 Å². The summed E-state index contributed by atoms with van der Waals surface area (Å²) in [6.07, 6.45) is 3.84. The minimum absolute atomic E-state index is 0.477. The summed E-state index contributed by atoms with van der Waals surface area (Å²) in [6, 6.07) is 19.1. The Balaban J connectivity index is 1.63. The predicted octanol–water partition coefficient (Wildman–Crippen LogP) is 5.40. The van der Waals surface area contributed by atoms with Gasteiger partial charge >= 0.3 is 0 Å². The van der Waals surface area contributed by atoms with E-state index < -0.39 is 0 Å². The van der Waals surface area contributed by atoms with E-state index >= 15 is 0 Å². The molecule has 2 heteroatoms. The average molecular weight is 330 g/mol. The molecule has 1 aliphatic heterocycles. The number of aromatic nitrogens is 1. The number of nitrogens with zero attached hydrogens (tertiary/aromatic N) is 2.